The molecule has 0 radical (unpaired) electrons. The molecule has 1 aliphatic heterocycles. The Bertz CT molecular complexity index is 2850. The summed E-state index contributed by atoms with van der Waals surface area (Å²) in [5.74, 6) is 2.67. The number of hydrogen-bond donors (Lipinski definition) is 1. The summed E-state index contributed by atoms with van der Waals surface area (Å²) >= 11 is 0. The van der Waals surface area contributed by atoms with Crippen LogP contribution >= 0.6 is 0 Å². The van der Waals surface area contributed by atoms with Gasteiger partial charge in [0.2, 0.25) is 0 Å². The zero-order chi connectivity index (χ0) is 34.4. The summed E-state index contributed by atoms with van der Waals surface area (Å²) in [4.78, 5) is 5.17. The predicted octanol–water partition coefficient (Wildman–Crippen LogP) is 11.6. The second kappa shape index (κ2) is 10.8. The second-order valence-electron chi connectivity index (χ2n) is 13.7. The Morgan fingerprint density at radius 2 is 1.17 bits per heavy atom. The standard InChI is InChI=1S/C48H31N3O/c49-41-18-10-17-40-46(41)36-29-32(25-28-37(36)48(40)38-15-3-7-21-44(38)52-45-22-8-4-16-39(45)48)30-23-26-33(27-24-30)51-43-20-6-5-19-42(43)50-47(51)35-14-9-12-31-11-1-2-13-34(31)35/h1-29H,49H2. The molecule has 11 rings (SSSR count). The van der Waals surface area contributed by atoms with Crippen LogP contribution in [0.1, 0.15) is 22.3 Å². The van der Waals surface area contributed by atoms with Crippen molar-refractivity contribution in [2.45, 2.75) is 5.41 Å². The van der Waals surface area contributed by atoms with Gasteiger partial charge in [-0.15, -0.1) is 0 Å². The molecule has 0 fully saturated rings. The number of fused-ring (bicyclic) bond motifs is 11. The Morgan fingerprint density at radius 1 is 0.519 bits per heavy atom. The molecule has 4 nitrogen and oxygen atoms in total. The van der Waals surface area contributed by atoms with Crippen LogP contribution in [0, 0.1) is 0 Å². The Kier molecular flexibility index (Phi) is 5.99. The first-order valence-electron chi connectivity index (χ1n) is 17.7. The zero-order valence-corrected chi connectivity index (χ0v) is 28.1. The number of nitrogen functional groups attached to an aromatic ring is 1. The summed E-state index contributed by atoms with van der Waals surface area (Å²) in [6.45, 7) is 0. The Balaban J connectivity index is 1.08. The number of para-hydroxylation sites is 4. The van der Waals surface area contributed by atoms with E-state index in [4.69, 9.17) is 15.5 Å². The molecule has 1 aromatic heterocycles. The largest absolute Gasteiger partial charge is 0.457 e. The highest BCUT2D eigenvalue weighted by atomic mass is 16.5. The number of imidazole rings is 1. The fourth-order valence-corrected chi connectivity index (χ4v) is 8.85. The number of nitrogens with zero attached hydrogens (tertiary/aromatic N) is 2. The zero-order valence-electron chi connectivity index (χ0n) is 28.1. The summed E-state index contributed by atoms with van der Waals surface area (Å²) in [5.41, 5.74) is 20.5. The number of ether oxygens (including phenoxy) is 1. The quantitative estimate of drug-likeness (QED) is 0.191. The number of hydrogen-bond acceptors (Lipinski definition) is 3. The van der Waals surface area contributed by atoms with Gasteiger partial charge in [-0.25, -0.2) is 4.98 Å². The van der Waals surface area contributed by atoms with Gasteiger partial charge in [-0.3, -0.25) is 4.57 Å². The molecule has 8 aromatic carbocycles. The van der Waals surface area contributed by atoms with E-state index in [1.54, 1.807) is 0 Å². The average Bonchev–Trinajstić information content (AvgIpc) is 3.73. The highest BCUT2D eigenvalue weighted by molar-refractivity contribution is 5.98. The molecule has 0 saturated carbocycles. The number of benzene rings is 8. The molecule has 52 heavy (non-hydrogen) atoms. The molecule has 0 amide bonds. The Morgan fingerprint density at radius 3 is 2.00 bits per heavy atom. The van der Waals surface area contributed by atoms with Gasteiger partial charge in [0.15, 0.2) is 0 Å². The Labute approximate surface area is 301 Å². The van der Waals surface area contributed by atoms with E-state index in [0.29, 0.717) is 0 Å². The lowest BCUT2D eigenvalue weighted by Crippen LogP contribution is -2.32. The van der Waals surface area contributed by atoms with Crippen molar-refractivity contribution in [3.05, 3.63) is 198 Å². The van der Waals surface area contributed by atoms with Gasteiger partial charge in [0.25, 0.3) is 0 Å². The van der Waals surface area contributed by atoms with Crippen molar-refractivity contribution in [2.75, 3.05) is 5.73 Å². The average molecular weight is 666 g/mol. The van der Waals surface area contributed by atoms with E-state index in [-0.39, 0.29) is 0 Å². The van der Waals surface area contributed by atoms with Gasteiger partial charge in [0.1, 0.15) is 17.3 Å². The molecule has 2 N–H and O–H groups in total. The first kappa shape index (κ1) is 28.9. The highest BCUT2D eigenvalue weighted by Gasteiger charge is 2.51. The molecule has 2 aliphatic rings. The van der Waals surface area contributed by atoms with Crippen molar-refractivity contribution in [3.63, 3.8) is 0 Å². The van der Waals surface area contributed by atoms with Crippen LogP contribution in [0.3, 0.4) is 0 Å². The molecule has 4 heteroatoms. The molecule has 2 heterocycles. The lowest BCUT2D eigenvalue weighted by molar-refractivity contribution is 0.436. The lowest BCUT2D eigenvalue weighted by atomic mass is 9.66. The first-order valence-corrected chi connectivity index (χ1v) is 17.7. The topological polar surface area (TPSA) is 53.1 Å². The molecule has 244 valence electrons. The van der Waals surface area contributed by atoms with Crippen molar-refractivity contribution in [3.8, 4) is 50.8 Å². The van der Waals surface area contributed by atoms with Crippen molar-refractivity contribution in [1.29, 1.82) is 0 Å². The third-order valence-corrected chi connectivity index (χ3v) is 11.0. The van der Waals surface area contributed by atoms with Crippen molar-refractivity contribution in [1.82, 2.24) is 9.55 Å². The van der Waals surface area contributed by atoms with Gasteiger partial charge >= 0.3 is 0 Å². The maximum absolute atomic E-state index is 6.88. The molecule has 1 aliphatic carbocycles. The summed E-state index contributed by atoms with van der Waals surface area (Å²) in [5, 5.41) is 2.38. The lowest BCUT2D eigenvalue weighted by Gasteiger charge is -2.39. The third kappa shape index (κ3) is 3.89. The van der Waals surface area contributed by atoms with Crippen LogP contribution in [0.5, 0.6) is 11.5 Å². The van der Waals surface area contributed by atoms with Crippen LogP contribution in [-0.4, -0.2) is 9.55 Å². The minimum atomic E-state index is -0.547. The summed E-state index contributed by atoms with van der Waals surface area (Å²) in [6.07, 6.45) is 0. The van der Waals surface area contributed by atoms with Crippen LogP contribution in [0.4, 0.5) is 5.69 Å². The van der Waals surface area contributed by atoms with E-state index in [1.807, 2.05) is 18.2 Å². The molecule has 0 atom stereocenters. The van der Waals surface area contributed by atoms with Gasteiger partial charge < -0.3 is 10.5 Å². The fourth-order valence-electron chi connectivity index (χ4n) is 8.85. The van der Waals surface area contributed by atoms with E-state index in [9.17, 15) is 0 Å². The van der Waals surface area contributed by atoms with E-state index < -0.39 is 5.41 Å². The monoisotopic (exact) mass is 665 g/mol. The summed E-state index contributed by atoms with van der Waals surface area (Å²) < 4.78 is 8.79. The molecule has 1 spiro atoms. The normalized spacial score (nSPS) is 13.4. The van der Waals surface area contributed by atoms with Crippen LogP contribution in [0.2, 0.25) is 0 Å². The van der Waals surface area contributed by atoms with Gasteiger partial charge in [0.05, 0.1) is 16.4 Å². The molecular weight excluding hydrogens is 635 g/mol. The van der Waals surface area contributed by atoms with Crippen molar-refractivity contribution >= 4 is 27.5 Å². The van der Waals surface area contributed by atoms with Gasteiger partial charge in [-0.1, -0.05) is 127 Å². The molecule has 9 aromatic rings. The van der Waals surface area contributed by atoms with Crippen LogP contribution in [0.15, 0.2) is 176 Å². The van der Waals surface area contributed by atoms with E-state index in [2.05, 4.69) is 162 Å². The number of anilines is 1. The van der Waals surface area contributed by atoms with E-state index >= 15 is 0 Å². The minimum Gasteiger partial charge on any atom is -0.457 e. The van der Waals surface area contributed by atoms with Gasteiger partial charge in [-0.05, 0) is 87.1 Å². The van der Waals surface area contributed by atoms with Crippen molar-refractivity contribution < 1.29 is 4.74 Å². The number of aromatic nitrogens is 2. The minimum absolute atomic E-state index is 0.547. The second-order valence-corrected chi connectivity index (χ2v) is 13.7. The number of rotatable bonds is 3. The SMILES string of the molecule is Nc1cccc2c1-c1cc(-c3ccc(-n4c(-c5cccc6ccccc56)nc5ccccc54)cc3)ccc1C21c2ccccc2Oc2ccccc21. The third-order valence-electron chi connectivity index (χ3n) is 11.0. The van der Waals surface area contributed by atoms with Crippen LogP contribution < -0.4 is 10.5 Å². The molecule has 0 unspecified atom stereocenters. The highest BCUT2D eigenvalue weighted by Crippen LogP contribution is 2.63. The molecule has 0 bridgehead atoms. The summed E-state index contributed by atoms with van der Waals surface area (Å²) in [7, 11) is 0. The molecular formula is C48H31N3O. The maximum atomic E-state index is 6.88. The van der Waals surface area contributed by atoms with Crippen molar-refractivity contribution in [2.24, 2.45) is 0 Å². The van der Waals surface area contributed by atoms with Gasteiger partial charge in [-0.2, -0.15) is 0 Å². The van der Waals surface area contributed by atoms with Gasteiger partial charge in [0, 0.05) is 33.6 Å². The number of nitrogens with two attached hydrogens (primary N) is 1. The Hall–Kier alpha value is -6.91. The van der Waals surface area contributed by atoms with Crippen LogP contribution in [-0.2, 0) is 5.41 Å². The molecule has 0 saturated heterocycles. The van der Waals surface area contributed by atoms with E-state index in [0.717, 1.165) is 78.7 Å². The smallest absolute Gasteiger partial charge is 0.146 e. The fraction of sp³-hybridized carbons (Fsp3) is 0.0208. The summed E-state index contributed by atoms with van der Waals surface area (Å²) in [6, 6.07) is 62.2. The van der Waals surface area contributed by atoms with E-state index in [1.165, 1.54) is 21.9 Å². The van der Waals surface area contributed by atoms with Crippen LogP contribution in [0.25, 0.3) is 61.1 Å². The first-order chi connectivity index (χ1) is 25.7. The predicted molar refractivity (Wildman–Crippen MR) is 211 cm³/mol. The maximum Gasteiger partial charge on any atom is 0.146 e.